The van der Waals surface area contributed by atoms with Gasteiger partial charge >= 0.3 is 0 Å². The lowest BCUT2D eigenvalue weighted by Crippen LogP contribution is -2.39. The van der Waals surface area contributed by atoms with Gasteiger partial charge in [0.05, 0.1) is 24.8 Å². The largest absolute Gasteiger partial charge is 0.375 e. The van der Waals surface area contributed by atoms with Crippen molar-refractivity contribution in [2.45, 2.75) is 18.9 Å². The summed E-state index contributed by atoms with van der Waals surface area (Å²) in [7, 11) is 1.79. The number of carbonyl (C=O) groups excluding carboxylic acids is 1. The van der Waals surface area contributed by atoms with Gasteiger partial charge < -0.3 is 10.1 Å². The summed E-state index contributed by atoms with van der Waals surface area (Å²) in [6, 6.07) is 0. The van der Waals surface area contributed by atoms with Gasteiger partial charge in [-0.25, -0.2) is 0 Å². The van der Waals surface area contributed by atoms with Crippen LogP contribution in [0.5, 0.6) is 0 Å². The Morgan fingerprint density at radius 3 is 3.25 bits per heavy atom. The predicted molar refractivity (Wildman–Crippen MR) is 56.9 cm³/mol. The van der Waals surface area contributed by atoms with E-state index in [0.29, 0.717) is 19.4 Å². The van der Waals surface area contributed by atoms with Crippen LogP contribution >= 0.6 is 0 Å². The van der Waals surface area contributed by atoms with Crippen LogP contribution in [0.15, 0.2) is 6.20 Å². The van der Waals surface area contributed by atoms with E-state index < -0.39 is 0 Å². The van der Waals surface area contributed by atoms with Crippen LogP contribution in [0.4, 0.5) is 0 Å². The van der Waals surface area contributed by atoms with Crippen LogP contribution in [-0.2, 0) is 23.0 Å². The van der Waals surface area contributed by atoms with Gasteiger partial charge in [0.25, 0.3) is 0 Å². The first-order valence-corrected chi connectivity index (χ1v) is 5.43. The van der Waals surface area contributed by atoms with Crippen LogP contribution in [0, 0.1) is 0 Å². The molecule has 1 atom stereocenters. The molecule has 0 radical (unpaired) electrons. The van der Waals surface area contributed by atoms with Crippen molar-refractivity contribution < 1.29 is 9.53 Å². The fraction of sp³-hybridized carbons (Fsp3) is 0.700. The summed E-state index contributed by atoms with van der Waals surface area (Å²) in [5.41, 5.74) is 0.719. The zero-order valence-electron chi connectivity index (χ0n) is 9.35. The Kier molecular flexibility index (Phi) is 3.63. The molecule has 88 valence electrons. The highest BCUT2D eigenvalue weighted by Gasteiger charge is 2.18. The maximum atomic E-state index is 11.7. The van der Waals surface area contributed by atoms with Gasteiger partial charge in [0.15, 0.2) is 0 Å². The van der Waals surface area contributed by atoms with Crippen molar-refractivity contribution in [2.24, 2.45) is 7.05 Å². The summed E-state index contributed by atoms with van der Waals surface area (Å²) in [5.74, 6) is 0.147. The number of hydrogen-bond acceptors (Lipinski definition) is 5. The van der Waals surface area contributed by atoms with Gasteiger partial charge in [-0.2, -0.15) is 0 Å². The van der Waals surface area contributed by atoms with Crippen LogP contribution in [-0.4, -0.2) is 46.6 Å². The van der Waals surface area contributed by atoms with Gasteiger partial charge in [-0.1, -0.05) is 5.21 Å². The quantitative estimate of drug-likeness (QED) is 0.732. The lowest BCUT2D eigenvalue weighted by molar-refractivity contribution is -0.121. The van der Waals surface area contributed by atoms with Crippen LogP contribution in [0.2, 0.25) is 0 Å². The second-order valence-corrected chi connectivity index (χ2v) is 4.00. The highest BCUT2D eigenvalue weighted by molar-refractivity contribution is 5.80. The average Bonchev–Trinajstić information content (AvgIpc) is 2.65. The molecule has 0 aliphatic carbocycles. The molecule has 1 N–H and O–H groups in total. The molecule has 1 aromatic rings. The number of nitrogens with one attached hydrogen (secondary N) is 1. The Balaban J connectivity index is 1.79. The fourth-order valence-electron chi connectivity index (χ4n) is 1.76. The molecule has 1 fully saturated rings. The molecule has 16 heavy (non-hydrogen) atoms. The lowest BCUT2D eigenvalue weighted by atomic mass is 10.1. The molecule has 0 spiro atoms. The van der Waals surface area contributed by atoms with Gasteiger partial charge in [0, 0.05) is 32.8 Å². The predicted octanol–water partition coefficient (Wildman–Crippen LogP) is -0.695. The first-order valence-electron chi connectivity index (χ1n) is 5.43. The SMILES string of the molecule is Cn1cc(CC(=O)CC2CNCCO2)nn1. The minimum Gasteiger partial charge on any atom is -0.375 e. The summed E-state index contributed by atoms with van der Waals surface area (Å²) in [6.07, 6.45) is 2.56. The third-order valence-corrected chi connectivity index (χ3v) is 2.49. The standard InChI is InChI=1S/C10H16N4O2/c1-14-7-8(12-13-14)4-9(15)5-10-6-11-2-3-16-10/h7,10-11H,2-6H2,1H3. The Morgan fingerprint density at radius 1 is 1.75 bits per heavy atom. The van der Waals surface area contributed by atoms with Gasteiger partial charge in [0.2, 0.25) is 0 Å². The number of Topliss-reactive ketones (excluding diaryl/α,β-unsaturated/α-hetero) is 1. The van der Waals surface area contributed by atoms with Crippen molar-refractivity contribution in [1.29, 1.82) is 0 Å². The third-order valence-electron chi connectivity index (χ3n) is 2.49. The van der Waals surface area contributed by atoms with Crippen LogP contribution in [0.3, 0.4) is 0 Å². The zero-order chi connectivity index (χ0) is 11.4. The van der Waals surface area contributed by atoms with E-state index >= 15 is 0 Å². The van der Waals surface area contributed by atoms with Crippen LogP contribution in [0.25, 0.3) is 0 Å². The number of carbonyl (C=O) groups is 1. The minimum atomic E-state index is 0.0120. The van der Waals surface area contributed by atoms with E-state index in [0.717, 1.165) is 18.8 Å². The molecular formula is C10H16N4O2. The molecule has 2 heterocycles. The van der Waals surface area contributed by atoms with E-state index in [1.165, 1.54) is 0 Å². The number of aromatic nitrogens is 3. The van der Waals surface area contributed by atoms with Gasteiger partial charge in [-0.05, 0) is 0 Å². The number of ketones is 1. The van der Waals surface area contributed by atoms with E-state index in [9.17, 15) is 4.79 Å². The van der Waals surface area contributed by atoms with E-state index in [1.54, 1.807) is 17.9 Å². The van der Waals surface area contributed by atoms with Crippen molar-refractivity contribution >= 4 is 5.78 Å². The zero-order valence-corrected chi connectivity index (χ0v) is 9.35. The molecule has 0 saturated carbocycles. The molecule has 0 amide bonds. The maximum absolute atomic E-state index is 11.7. The summed E-state index contributed by atoms with van der Waals surface area (Å²) < 4.78 is 7.07. The Morgan fingerprint density at radius 2 is 2.62 bits per heavy atom. The number of ether oxygens (including phenoxy) is 1. The number of rotatable bonds is 4. The van der Waals surface area contributed by atoms with E-state index in [1.807, 2.05) is 0 Å². The summed E-state index contributed by atoms with van der Waals surface area (Å²) in [4.78, 5) is 11.7. The number of hydrogen-bond donors (Lipinski definition) is 1. The van der Waals surface area contributed by atoms with Crippen molar-refractivity contribution in [1.82, 2.24) is 20.3 Å². The smallest absolute Gasteiger partial charge is 0.141 e. The first-order chi connectivity index (χ1) is 7.74. The van der Waals surface area contributed by atoms with Crippen molar-refractivity contribution in [2.75, 3.05) is 19.7 Å². The lowest BCUT2D eigenvalue weighted by Gasteiger charge is -2.22. The summed E-state index contributed by atoms with van der Waals surface area (Å²) >= 11 is 0. The van der Waals surface area contributed by atoms with Crippen molar-refractivity contribution in [3.05, 3.63) is 11.9 Å². The van der Waals surface area contributed by atoms with E-state index in [-0.39, 0.29) is 11.9 Å². The van der Waals surface area contributed by atoms with Crippen molar-refractivity contribution in [3.63, 3.8) is 0 Å². The number of nitrogens with zero attached hydrogens (tertiary/aromatic N) is 3. The number of morpholine rings is 1. The Hall–Kier alpha value is -1.27. The molecule has 1 saturated heterocycles. The minimum absolute atomic E-state index is 0.0120. The van der Waals surface area contributed by atoms with E-state index in [2.05, 4.69) is 15.6 Å². The molecule has 6 heteroatoms. The number of aryl methyl sites for hydroxylation is 1. The van der Waals surface area contributed by atoms with Gasteiger partial charge in [-0.3, -0.25) is 9.48 Å². The monoisotopic (exact) mass is 224 g/mol. The molecule has 2 rings (SSSR count). The maximum Gasteiger partial charge on any atom is 0.141 e. The van der Waals surface area contributed by atoms with Gasteiger partial charge in [0.1, 0.15) is 5.78 Å². The first kappa shape index (κ1) is 11.2. The normalized spacial score (nSPS) is 20.9. The molecule has 1 aliphatic heterocycles. The fourth-order valence-corrected chi connectivity index (χ4v) is 1.76. The summed E-state index contributed by atoms with van der Waals surface area (Å²) in [6.45, 7) is 2.31. The molecule has 1 aromatic heterocycles. The Labute approximate surface area is 94.0 Å². The third kappa shape index (κ3) is 3.11. The second kappa shape index (κ2) is 5.18. The van der Waals surface area contributed by atoms with Crippen LogP contribution < -0.4 is 5.32 Å². The van der Waals surface area contributed by atoms with Gasteiger partial charge in [-0.15, -0.1) is 5.10 Å². The highest BCUT2D eigenvalue weighted by atomic mass is 16.5. The molecule has 0 bridgehead atoms. The van der Waals surface area contributed by atoms with Crippen LogP contribution in [0.1, 0.15) is 12.1 Å². The van der Waals surface area contributed by atoms with Crippen molar-refractivity contribution in [3.8, 4) is 0 Å². The second-order valence-electron chi connectivity index (χ2n) is 4.00. The molecular weight excluding hydrogens is 208 g/mol. The topological polar surface area (TPSA) is 69.0 Å². The van der Waals surface area contributed by atoms with E-state index in [4.69, 9.17) is 4.74 Å². The summed E-state index contributed by atoms with van der Waals surface area (Å²) in [5, 5.41) is 10.9. The molecule has 6 nitrogen and oxygen atoms in total. The molecule has 0 aromatic carbocycles. The molecule has 1 aliphatic rings. The average molecular weight is 224 g/mol. The Bertz CT molecular complexity index is 357. The molecule has 1 unspecified atom stereocenters. The highest BCUT2D eigenvalue weighted by Crippen LogP contribution is 2.05.